The van der Waals surface area contributed by atoms with Gasteiger partial charge in [0.1, 0.15) is 5.60 Å². The Hall–Kier alpha value is -0.810. The van der Waals surface area contributed by atoms with Crippen molar-refractivity contribution < 1.29 is 14.3 Å². The van der Waals surface area contributed by atoms with Crippen LogP contribution in [-0.2, 0) is 9.47 Å². The Morgan fingerprint density at radius 1 is 1.26 bits per heavy atom. The van der Waals surface area contributed by atoms with E-state index >= 15 is 0 Å². The zero-order valence-corrected chi connectivity index (χ0v) is 15.6. The molecule has 2 rings (SSSR count). The van der Waals surface area contributed by atoms with Crippen molar-refractivity contribution in [2.45, 2.75) is 71.6 Å². The minimum atomic E-state index is -0.414. The number of nitrogens with one attached hydrogen (secondary N) is 1. The van der Waals surface area contributed by atoms with Crippen LogP contribution in [0.4, 0.5) is 4.79 Å². The first-order valence-corrected chi connectivity index (χ1v) is 8.87. The lowest BCUT2D eigenvalue weighted by atomic mass is 9.64. The molecule has 134 valence electrons. The number of carbonyl (C=O) groups excluding carboxylic acids is 1. The van der Waals surface area contributed by atoms with Gasteiger partial charge < -0.3 is 19.7 Å². The number of carbonyl (C=O) groups is 1. The minimum Gasteiger partial charge on any atom is -0.444 e. The average molecular weight is 326 g/mol. The smallest absolute Gasteiger partial charge is 0.410 e. The molecule has 0 bridgehead atoms. The summed E-state index contributed by atoms with van der Waals surface area (Å²) >= 11 is 0. The van der Waals surface area contributed by atoms with Crippen LogP contribution in [0.1, 0.15) is 53.9 Å². The van der Waals surface area contributed by atoms with Crippen LogP contribution in [0.15, 0.2) is 0 Å². The summed E-state index contributed by atoms with van der Waals surface area (Å²) in [7, 11) is 1.80. The predicted molar refractivity (Wildman–Crippen MR) is 91.5 cm³/mol. The Morgan fingerprint density at radius 2 is 1.87 bits per heavy atom. The molecular weight excluding hydrogens is 292 g/mol. The van der Waals surface area contributed by atoms with Gasteiger partial charge in [0.05, 0.1) is 6.10 Å². The first-order valence-electron chi connectivity index (χ1n) is 8.87. The van der Waals surface area contributed by atoms with Gasteiger partial charge in [0.2, 0.25) is 0 Å². The van der Waals surface area contributed by atoms with E-state index in [9.17, 15) is 4.79 Å². The quantitative estimate of drug-likeness (QED) is 0.863. The number of piperidine rings is 1. The van der Waals surface area contributed by atoms with Crippen LogP contribution < -0.4 is 5.32 Å². The fourth-order valence-corrected chi connectivity index (χ4v) is 3.59. The second-order valence-electron chi connectivity index (χ2n) is 8.65. The van der Waals surface area contributed by atoms with E-state index in [1.54, 1.807) is 7.11 Å². The molecule has 2 unspecified atom stereocenters. The Kier molecular flexibility index (Phi) is 5.62. The molecule has 5 heteroatoms. The molecule has 23 heavy (non-hydrogen) atoms. The minimum absolute atomic E-state index is 0.174. The van der Waals surface area contributed by atoms with Gasteiger partial charge in [0, 0.05) is 31.7 Å². The molecular formula is C18H34N2O3. The standard InChI is InChI=1S/C18H34N2O3/c1-17(2,3)23-16(21)20-9-7-13(8-10-20)12-19-14-11-15(22-6)18(14,4)5/h13-15,19H,7-12H2,1-6H3. The lowest BCUT2D eigenvalue weighted by Crippen LogP contribution is -2.61. The van der Waals surface area contributed by atoms with Crippen molar-refractivity contribution in [3.63, 3.8) is 0 Å². The Bertz CT molecular complexity index is 409. The average Bonchev–Trinajstić information content (AvgIpc) is 2.45. The predicted octanol–water partition coefficient (Wildman–Crippen LogP) is 3.04. The fraction of sp³-hybridized carbons (Fsp3) is 0.944. The van der Waals surface area contributed by atoms with Gasteiger partial charge in [0.25, 0.3) is 0 Å². The van der Waals surface area contributed by atoms with Crippen molar-refractivity contribution >= 4 is 6.09 Å². The van der Waals surface area contributed by atoms with Crippen LogP contribution in [0.5, 0.6) is 0 Å². The van der Waals surface area contributed by atoms with E-state index in [0.29, 0.717) is 18.1 Å². The van der Waals surface area contributed by atoms with Gasteiger partial charge in [-0.1, -0.05) is 13.8 Å². The van der Waals surface area contributed by atoms with Crippen molar-refractivity contribution in [2.75, 3.05) is 26.7 Å². The van der Waals surface area contributed by atoms with E-state index in [2.05, 4.69) is 19.2 Å². The lowest BCUT2D eigenvalue weighted by Gasteiger charge is -2.52. The van der Waals surface area contributed by atoms with Crippen molar-refractivity contribution in [1.29, 1.82) is 0 Å². The summed E-state index contributed by atoms with van der Waals surface area (Å²) in [6.07, 6.45) is 3.39. The van der Waals surface area contributed by atoms with Crippen molar-refractivity contribution in [3.8, 4) is 0 Å². The molecule has 1 amide bonds. The van der Waals surface area contributed by atoms with Crippen LogP contribution in [0.25, 0.3) is 0 Å². The zero-order valence-electron chi connectivity index (χ0n) is 15.6. The molecule has 2 fully saturated rings. The van der Waals surface area contributed by atoms with Crippen molar-refractivity contribution in [1.82, 2.24) is 10.2 Å². The molecule has 1 saturated heterocycles. The molecule has 2 aliphatic rings. The molecule has 0 aromatic heterocycles. The maximum absolute atomic E-state index is 12.1. The van der Waals surface area contributed by atoms with E-state index < -0.39 is 5.60 Å². The summed E-state index contributed by atoms with van der Waals surface area (Å²) in [5.74, 6) is 0.645. The van der Waals surface area contributed by atoms with Gasteiger partial charge in [-0.05, 0) is 52.5 Å². The summed E-state index contributed by atoms with van der Waals surface area (Å²) in [5.41, 5.74) is -0.199. The van der Waals surface area contributed by atoms with Gasteiger partial charge in [-0.2, -0.15) is 0 Å². The van der Waals surface area contributed by atoms with Crippen LogP contribution in [0.3, 0.4) is 0 Å². The monoisotopic (exact) mass is 326 g/mol. The second-order valence-corrected chi connectivity index (χ2v) is 8.65. The maximum atomic E-state index is 12.1. The van der Waals surface area contributed by atoms with Crippen molar-refractivity contribution in [2.24, 2.45) is 11.3 Å². The van der Waals surface area contributed by atoms with E-state index in [1.165, 1.54) is 0 Å². The summed E-state index contributed by atoms with van der Waals surface area (Å²) < 4.78 is 11.0. The molecule has 1 aliphatic carbocycles. The number of amides is 1. The topological polar surface area (TPSA) is 50.8 Å². The second kappa shape index (κ2) is 6.98. The van der Waals surface area contributed by atoms with E-state index in [4.69, 9.17) is 9.47 Å². The van der Waals surface area contributed by atoms with Gasteiger partial charge in [0.15, 0.2) is 0 Å². The van der Waals surface area contributed by atoms with Crippen molar-refractivity contribution in [3.05, 3.63) is 0 Å². The third kappa shape index (κ3) is 4.60. The zero-order chi connectivity index (χ0) is 17.3. The number of likely N-dealkylation sites (tertiary alicyclic amines) is 1. The summed E-state index contributed by atoms with van der Waals surface area (Å²) in [4.78, 5) is 13.9. The molecule has 5 nitrogen and oxygen atoms in total. The largest absolute Gasteiger partial charge is 0.444 e. The number of hydrogen-bond acceptors (Lipinski definition) is 4. The number of ether oxygens (including phenoxy) is 2. The highest BCUT2D eigenvalue weighted by molar-refractivity contribution is 5.68. The summed E-state index contributed by atoms with van der Waals surface area (Å²) in [5, 5.41) is 3.71. The summed E-state index contributed by atoms with van der Waals surface area (Å²) in [6, 6.07) is 0.538. The molecule has 0 radical (unpaired) electrons. The molecule has 0 aromatic carbocycles. The van der Waals surface area contributed by atoms with Gasteiger partial charge in [-0.3, -0.25) is 0 Å². The summed E-state index contributed by atoms with van der Waals surface area (Å²) in [6.45, 7) is 12.9. The Labute approximate surface area is 141 Å². The molecule has 0 aromatic rings. The molecule has 1 N–H and O–H groups in total. The molecule has 1 heterocycles. The Morgan fingerprint density at radius 3 is 2.35 bits per heavy atom. The first-order chi connectivity index (χ1) is 10.6. The number of hydrogen-bond donors (Lipinski definition) is 1. The molecule has 1 saturated carbocycles. The molecule has 2 atom stereocenters. The highest BCUT2D eigenvalue weighted by Crippen LogP contribution is 2.42. The van der Waals surface area contributed by atoms with Crippen LogP contribution in [-0.4, -0.2) is 55.5 Å². The van der Waals surface area contributed by atoms with Crippen LogP contribution in [0, 0.1) is 11.3 Å². The number of rotatable bonds is 4. The molecule has 0 spiro atoms. The van der Waals surface area contributed by atoms with Crippen LogP contribution >= 0.6 is 0 Å². The van der Waals surface area contributed by atoms with E-state index in [1.807, 2.05) is 25.7 Å². The number of methoxy groups -OCH3 is 1. The van der Waals surface area contributed by atoms with Gasteiger partial charge in [-0.15, -0.1) is 0 Å². The third-order valence-corrected chi connectivity index (χ3v) is 5.38. The normalized spacial score (nSPS) is 28.3. The van der Waals surface area contributed by atoms with E-state index in [-0.39, 0.29) is 11.5 Å². The maximum Gasteiger partial charge on any atom is 0.410 e. The fourth-order valence-electron chi connectivity index (χ4n) is 3.59. The SMILES string of the molecule is COC1CC(NCC2CCN(C(=O)OC(C)(C)C)CC2)C1(C)C. The van der Waals surface area contributed by atoms with E-state index in [0.717, 1.165) is 38.9 Å². The first kappa shape index (κ1) is 18.5. The van der Waals surface area contributed by atoms with Gasteiger partial charge >= 0.3 is 6.09 Å². The highest BCUT2D eigenvalue weighted by Gasteiger charge is 2.48. The van der Waals surface area contributed by atoms with Gasteiger partial charge in [-0.25, -0.2) is 4.79 Å². The number of nitrogens with zero attached hydrogens (tertiary/aromatic N) is 1. The Balaban J connectivity index is 1.69. The lowest BCUT2D eigenvalue weighted by molar-refractivity contribution is -0.0984. The third-order valence-electron chi connectivity index (χ3n) is 5.38. The molecule has 1 aliphatic heterocycles. The highest BCUT2D eigenvalue weighted by atomic mass is 16.6. The van der Waals surface area contributed by atoms with Crippen LogP contribution in [0.2, 0.25) is 0 Å².